The van der Waals surface area contributed by atoms with Crippen LogP contribution in [0.2, 0.25) is 0 Å². The molecule has 26 nitrogen and oxygen atoms in total. The predicted molar refractivity (Wildman–Crippen MR) is 321 cm³/mol. The van der Waals surface area contributed by atoms with Crippen LogP contribution in [0.1, 0.15) is 133 Å². The van der Waals surface area contributed by atoms with Gasteiger partial charge < -0.3 is 56.2 Å². The smallest absolute Gasteiger partial charge is 0.312 e. The molecule has 7 atom stereocenters. The summed E-state index contributed by atoms with van der Waals surface area (Å²) in [5, 5.41) is 15.7. The van der Waals surface area contributed by atoms with Crippen LogP contribution in [0.5, 0.6) is 0 Å². The van der Waals surface area contributed by atoms with E-state index in [1.54, 1.807) is 37.9 Å². The summed E-state index contributed by atoms with van der Waals surface area (Å²) in [5.74, 6) is -4.83. The number of aromatic nitrogens is 1. The number of urea groups is 1. The Balaban J connectivity index is 1.27. The molecule has 1 aromatic carbocycles. The van der Waals surface area contributed by atoms with E-state index in [0.717, 1.165) is 42.0 Å². The normalized spacial score (nSPS) is 16.7. The van der Waals surface area contributed by atoms with Crippen LogP contribution < -0.4 is 37.0 Å². The molecule has 1 saturated heterocycles. The van der Waals surface area contributed by atoms with E-state index in [4.69, 9.17) is 24.7 Å². The van der Waals surface area contributed by atoms with Crippen LogP contribution in [0.25, 0.3) is 0 Å². The number of carbonyl (C=O) groups excluding carboxylic acids is 9. The Bertz CT molecular complexity index is 2690. The fraction of sp³-hybridized carbons (Fsp3) is 0.655. The molecule has 0 aliphatic carbocycles. The van der Waals surface area contributed by atoms with Gasteiger partial charge >= 0.3 is 6.03 Å². The fourth-order valence-electron chi connectivity index (χ4n) is 9.66. The molecule has 0 saturated carbocycles. The summed E-state index contributed by atoms with van der Waals surface area (Å²) < 4.78 is 51.4. The molecule has 8 N–H and O–H groups in total. The molecule has 0 unspecified atom stereocenters. The van der Waals surface area contributed by atoms with Gasteiger partial charge in [-0.05, 0) is 75.1 Å². The van der Waals surface area contributed by atoms with Crippen molar-refractivity contribution in [2.75, 3.05) is 80.0 Å². The number of carbonyl (C=O) groups is 9. The lowest BCUT2D eigenvalue weighted by atomic mass is 9.92. The molecule has 0 radical (unpaired) electrons. The van der Waals surface area contributed by atoms with Crippen molar-refractivity contribution < 1.29 is 70.5 Å². The molecule has 1 fully saturated rings. The van der Waals surface area contributed by atoms with Gasteiger partial charge in [0.05, 0.1) is 58.0 Å². The molecular weight excluding hydrogens is 1150 g/mol. The molecule has 28 heteroatoms. The van der Waals surface area contributed by atoms with Crippen molar-refractivity contribution in [1.82, 2.24) is 51.0 Å². The average molecular weight is 1250 g/mol. The maximum absolute atomic E-state index is 14.3. The molecule has 86 heavy (non-hydrogen) atoms. The number of sulfonamides is 1. The summed E-state index contributed by atoms with van der Waals surface area (Å²) in [6, 6.07) is 2.01. The number of benzene rings is 1. The average Bonchev–Trinajstić information content (AvgIpc) is 4.18. The van der Waals surface area contributed by atoms with Gasteiger partial charge in [-0.15, -0.1) is 11.3 Å². The number of imide groups is 1. The van der Waals surface area contributed by atoms with Gasteiger partial charge in [0.2, 0.25) is 39.6 Å². The van der Waals surface area contributed by atoms with Crippen LogP contribution in [-0.4, -0.2) is 192 Å². The first kappa shape index (κ1) is 72.0. The van der Waals surface area contributed by atoms with Gasteiger partial charge in [0.25, 0.3) is 17.7 Å². The van der Waals surface area contributed by atoms with Gasteiger partial charge in [-0.25, -0.2) is 22.9 Å². The Morgan fingerprint density at radius 1 is 0.814 bits per heavy atom. The number of likely N-dealkylation sites (N-methyl/N-ethyl adjacent to an activating group) is 2. The first-order valence-electron chi connectivity index (χ1n) is 29.5. The van der Waals surface area contributed by atoms with Crippen LogP contribution in [0.4, 0.5) is 4.79 Å². The number of ether oxygens (including phenoxy) is 4. The van der Waals surface area contributed by atoms with Gasteiger partial charge in [-0.2, -0.15) is 0 Å². The van der Waals surface area contributed by atoms with Crippen molar-refractivity contribution in [3.05, 3.63) is 63.6 Å². The van der Waals surface area contributed by atoms with E-state index < -0.39 is 69.7 Å². The van der Waals surface area contributed by atoms with E-state index in [1.165, 1.54) is 29.7 Å². The van der Waals surface area contributed by atoms with Gasteiger partial charge in [0, 0.05) is 63.2 Å². The molecule has 4 rings (SSSR count). The lowest BCUT2D eigenvalue weighted by Gasteiger charge is -2.38. The summed E-state index contributed by atoms with van der Waals surface area (Å²) in [6.07, 6.45) is 5.72. The zero-order valence-electron chi connectivity index (χ0n) is 51.2. The molecule has 0 bridgehead atoms. The number of nitrogens with zero attached hydrogens (tertiary/aromatic N) is 4. The topological polar surface area (TPSA) is 346 Å². The number of thiazole rings is 1. The van der Waals surface area contributed by atoms with Crippen LogP contribution in [0, 0.1) is 17.8 Å². The molecule has 0 spiro atoms. The van der Waals surface area contributed by atoms with Crippen molar-refractivity contribution in [3.63, 3.8) is 0 Å². The lowest BCUT2D eigenvalue weighted by Crippen LogP contribution is -2.58. The highest BCUT2D eigenvalue weighted by molar-refractivity contribution is 7.89. The van der Waals surface area contributed by atoms with Crippen LogP contribution in [0.15, 0.2) is 41.8 Å². The van der Waals surface area contributed by atoms with Gasteiger partial charge in [-0.1, -0.05) is 78.6 Å². The Kier molecular flexibility index (Phi) is 30.7. The minimum atomic E-state index is -4.25. The van der Waals surface area contributed by atoms with Crippen molar-refractivity contribution in [2.24, 2.45) is 23.5 Å². The molecule has 10 amide bonds. The Labute approximate surface area is 509 Å². The van der Waals surface area contributed by atoms with E-state index in [9.17, 15) is 51.6 Å². The van der Waals surface area contributed by atoms with E-state index in [2.05, 4.69) is 36.3 Å². The quantitative estimate of drug-likeness (QED) is 0.0373. The number of likely N-dealkylation sites (tertiary alicyclic amines) is 1. The first-order valence-corrected chi connectivity index (χ1v) is 32.0. The number of rotatable bonds is 39. The SMILES string of the molecule is CCO[C@H](C[C@H](C(C)C)N(C)C(=O)[C@@H](NC(=O)[C@H]1CCCCN1C)[C@@H](C)CC)c1nc(C(=O)NS(=O)(=O)Cc2ccc(CNC(=O)[C@H](CCCNC(N)=O)NC(=O)[C@@H](NC(=O)CCOCCOCCOCCN3C(=O)C=CC3=O)C(C)C)cc2)cs1. The number of amides is 10. The third kappa shape index (κ3) is 24.0. The minimum absolute atomic E-state index is 0.0183. The minimum Gasteiger partial charge on any atom is -0.379 e. The Morgan fingerprint density at radius 2 is 1.45 bits per heavy atom. The number of nitrogens with one attached hydrogen (secondary N) is 6. The summed E-state index contributed by atoms with van der Waals surface area (Å²) in [4.78, 5) is 125. The van der Waals surface area contributed by atoms with Crippen LogP contribution >= 0.6 is 11.3 Å². The number of hydrogen-bond acceptors (Lipinski definition) is 18. The third-order valence-electron chi connectivity index (χ3n) is 14.9. The van der Waals surface area contributed by atoms with Crippen molar-refractivity contribution >= 4 is 74.6 Å². The summed E-state index contributed by atoms with van der Waals surface area (Å²) in [7, 11) is -0.591. The van der Waals surface area contributed by atoms with E-state index in [0.29, 0.717) is 35.6 Å². The molecule has 2 aliphatic heterocycles. The maximum Gasteiger partial charge on any atom is 0.312 e. The highest BCUT2D eigenvalue weighted by Crippen LogP contribution is 2.31. The molecule has 2 aliphatic rings. The van der Waals surface area contributed by atoms with Crippen LogP contribution in [-0.2, 0) is 74.8 Å². The van der Waals surface area contributed by atoms with Gasteiger partial charge in [0.1, 0.15) is 34.9 Å². The zero-order valence-corrected chi connectivity index (χ0v) is 52.8. The highest BCUT2D eigenvalue weighted by atomic mass is 32.2. The largest absolute Gasteiger partial charge is 0.379 e. The molecule has 1 aromatic heterocycles. The first-order chi connectivity index (χ1) is 40.9. The van der Waals surface area contributed by atoms with E-state index in [1.807, 2.05) is 46.6 Å². The van der Waals surface area contributed by atoms with Gasteiger partial charge in [-0.3, -0.25) is 48.2 Å². The number of nitrogens with two attached hydrogens (primary N) is 1. The third-order valence-corrected chi connectivity index (χ3v) is 17.0. The fourth-order valence-corrected chi connectivity index (χ4v) is 11.6. The number of hydrogen-bond donors (Lipinski definition) is 7. The molecule has 3 heterocycles. The van der Waals surface area contributed by atoms with Crippen molar-refractivity contribution in [3.8, 4) is 0 Å². The second kappa shape index (κ2) is 36.7. The summed E-state index contributed by atoms with van der Waals surface area (Å²) in [6.45, 7) is 15.6. The molecular formula is C58H91N11O15S2. The van der Waals surface area contributed by atoms with Crippen molar-refractivity contribution in [2.45, 2.75) is 148 Å². The van der Waals surface area contributed by atoms with E-state index in [-0.39, 0.29) is 138 Å². The van der Waals surface area contributed by atoms with Crippen molar-refractivity contribution in [1.29, 1.82) is 0 Å². The summed E-state index contributed by atoms with van der Waals surface area (Å²) in [5.41, 5.74) is 6.01. The Hall–Kier alpha value is -6.43. The predicted octanol–water partition coefficient (Wildman–Crippen LogP) is 2.42. The second-order valence-corrected chi connectivity index (χ2v) is 24.7. The van der Waals surface area contributed by atoms with E-state index >= 15 is 0 Å². The molecule has 480 valence electrons. The number of primary amides is 1. The maximum atomic E-state index is 14.3. The zero-order chi connectivity index (χ0) is 63.5. The highest BCUT2D eigenvalue weighted by Gasteiger charge is 2.37. The second-order valence-electron chi connectivity index (χ2n) is 22.1. The van der Waals surface area contributed by atoms with Gasteiger partial charge in [0.15, 0.2) is 0 Å². The lowest BCUT2D eigenvalue weighted by molar-refractivity contribution is -0.141. The Morgan fingerprint density at radius 3 is 2.06 bits per heavy atom. The van der Waals surface area contributed by atoms with Crippen LogP contribution in [0.3, 0.4) is 0 Å². The standard InChI is InChI=1S/C58H91N11O15S2/c1-10-39(7)51(65-54(75)44-16-12-13-25-67(44)8)57(77)68(9)45(37(3)4)33-46(84-11-2)56-63-43(35-85-56)53(74)66-86(79,80)36-41-19-17-40(18-20-41)34-61-52(73)42(15-14-24-60-58(59)78)62-55(76)50(38(5)6)64-47(70)23-27-81-29-31-83-32-30-82-28-26-69-48(71)21-22-49(69)72/h17-22,35,37-39,42,44-46,50-51H,10-16,23-34,36H2,1-9H3,(H,61,73)(H,62,76)(H,64,70)(H,65,75)(H,66,74)(H3,59,60,78)/t39-,42-,44+,45+,46+,50-,51-/m0/s1. The molecule has 2 aromatic rings. The monoisotopic (exact) mass is 1250 g/mol. The number of piperidine rings is 1. The summed E-state index contributed by atoms with van der Waals surface area (Å²) >= 11 is 1.14.